The van der Waals surface area contributed by atoms with Gasteiger partial charge in [-0.15, -0.1) is 11.3 Å². The van der Waals surface area contributed by atoms with Crippen LogP contribution in [-0.4, -0.2) is 5.91 Å². The Balaban J connectivity index is 1.95. The quantitative estimate of drug-likeness (QED) is 0.778. The average molecular weight is 247 g/mol. The molecule has 0 atom stereocenters. The molecule has 0 aliphatic rings. The van der Waals surface area contributed by atoms with Gasteiger partial charge in [-0.1, -0.05) is 19.8 Å². The minimum Gasteiger partial charge on any atom is -0.326 e. The molecule has 1 aromatic heterocycles. The number of amides is 1. The summed E-state index contributed by atoms with van der Waals surface area (Å²) in [6, 6.07) is 8.13. The molecule has 2 rings (SSSR count). The molecule has 0 saturated heterocycles. The molecule has 1 N–H and O–H groups in total. The summed E-state index contributed by atoms with van der Waals surface area (Å²) in [6.07, 6.45) is 3.86. The van der Waals surface area contributed by atoms with Crippen LogP contribution in [0.25, 0.3) is 10.1 Å². The van der Waals surface area contributed by atoms with E-state index < -0.39 is 0 Å². The normalized spacial score (nSPS) is 10.6. The van der Waals surface area contributed by atoms with Crippen molar-refractivity contribution in [2.24, 2.45) is 0 Å². The Hall–Kier alpha value is -1.35. The molecule has 0 saturated carbocycles. The fourth-order valence-corrected chi connectivity index (χ4v) is 2.57. The van der Waals surface area contributed by atoms with Crippen molar-refractivity contribution in [1.82, 2.24) is 0 Å². The molecule has 0 unspecified atom stereocenters. The number of hydrogen-bond donors (Lipinski definition) is 1. The molecule has 2 aromatic rings. The van der Waals surface area contributed by atoms with E-state index in [0.717, 1.165) is 24.9 Å². The molecule has 90 valence electrons. The minimum absolute atomic E-state index is 0.119. The van der Waals surface area contributed by atoms with E-state index in [0.29, 0.717) is 6.42 Å². The largest absolute Gasteiger partial charge is 0.326 e. The van der Waals surface area contributed by atoms with Gasteiger partial charge in [-0.05, 0) is 41.5 Å². The first-order valence-corrected chi connectivity index (χ1v) is 6.94. The zero-order valence-electron chi connectivity index (χ0n) is 10.0. The van der Waals surface area contributed by atoms with Gasteiger partial charge in [0.1, 0.15) is 0 Å². The van der Waals surface area contributed by atoms with E-state index in [1.807, 2.05) is 12.1 Å². The van der Waals surface area contributed by atoms with Gasteiger partial charge in [0, 0.05) is 16.8 Å². The van der Waals surface area contributed by atoms with E-state index in [2.05, 4.69) is 29.8 Å². The van der Waals surface area contributed by atoms with Crippen LogP contribution in [0.3, 0.4) is 0 Å². The summed E-state index contributed by atoms with van der Waals surface area (Å²) in [5, 5.41) is 6.21. The monoisotopic (exact) mass is 247 g/mol. The van der Waals surface area contributed by atoms with E-state index in [4.69, 9.17) is 0 Å². The Morgan fingerprint density at radius 3 is 3.00 bits per heavy atom. The van der Waals surface area contributed by atoms with Gasteiger partial charge in [-0.2, -0.15) is 0 Å². The van der Waals surface area contributed by atoms with Crippen LogP contribution < -0.4 is 5.32 Å². The molecule has 0 fully saturated rings. The fourth-order valence-electron chi connectivity index (χ4n) is 1.80. The van der Waals surface area contributed by atoms with Crippen molar-refractivity contribution in [2.45, 2.75) is 32.6 Å². The number of unbranched alkanes of at least 4 members (excludes halogenated alkanes) is 2. The third-order valence-electron chi connectivity index (χ3n) is 2.74. The van der Waals surface area contributed by atoms with Gasteiger partial charge in [-0.25, -0.2) is 0 Å². The molecule has 0 spiro atoms. The molecule has 0 radical (unpaired) electrons. The highest BCUT2D eigenvalue weighted by Crippen LogP contribution is 2.24. The maximum Gasteiger partial charge on any atom is 0.224 e. The molecule has 1 heterocycles. The number of thiophene rings is 1. The first-order chi connectivity index (χ1) is 8.29. The second kappa shape index (κ2) is 5.82. The van der Waals surface area contributed by atoms with E-state index in [9.17, 15) is 4.79 Å². The van der Waals surface area contributed by atoms with Crippen molar-refractivity contribution in [3.8, 4) is 0 Å². The van der Waals surface area contributed by atoms with Gasteiger partial charge in [0.05, 0.1) is 0 Å². The third-order valence-corrected chi connectivity index (χ3v) is 3.64. The van der Waals surface area contributed by atoms with Crippen LogP contribution >= 0.6 is 11.3 Å². The lowest BCUT2D eigenvalue weighted by molar-refractivity contribution is -0.116. The SMILES string of the molecule is CCCCCC(=O)Nc1ccc2sccc2c1. The lowest BCUT2D eigenvalue weighted by atomic mass is 10.2. The Bertz CT molecular complexity index is 504. The molecule has 1 amide bonds. The predicted molar refractivity (Wildman–Crippen MR) is 74.6 cm³/mol. The number of anilines is 1. The topological polar surface area (TPSA) is 29.1 Å². The van der Waals surface area contributed by atoms with Gasteiger partial charge in [0.15, 0.2) is 0 Å². The van der Waals surface area contributed by atoms with Crippen LogP contribution in [0, 0.1) is 0 Å². The Kier molecular flexibility index (Phi) is 4.15. The molecule has 0 bridgehead atoms. The summed E-state index contributed by atoms with van der Waals surface area (Å²) >= 11 is 1.72. The smallest absolute Gasteiger partial charge is 0.224 e. The maximum absolute atomic E-state index is 11.7. The number of nitrogens with one attached hydrogen (secondary N) is 1. The van der Waals surface area contributed by atoms with E-state index in [1.54, 1.807) is 11.3 Å². The molecular weight excluding hydrogens is 230 g/mol. The summed E-state index contributed by atoms with van der Waals surface area (Å²) in [6.45, 7) is 2.14. The lowest BCUT2D eigenvalue weighted by Crippen LogP contribution is -2.10. The number of carbonyl (C=O) groups is 1. The standard InChI is InChI=1S/C14H17NOS/c1-2-3-4-5-14(16)15-12-6-7-13-11(10-12)8-9-17-13/h6-10H,2-5H2,1H3,(H,15,16). The zero-order valence-corrected chi connectivity index (χ0v) is 10.8. The van der Waals surface area contributed by atoms with Crippen LogP contribution in [0.4, 0.5) is 5.69 Å². The summed E-state index contributed by atoms with van der Waals surface area (Å²) in [4.78, 5) is 11.7. The average Bonchev–Trinajstić information content (AvgIpc) is 2.76. The fraction of sp³-hybridized carbons (Fsp3) is 0.357. The first kappa shape index (κ1) is 12.1. The van der Waals surface area contributed by atoms with Gasteiger partial charge >= 0.3 is 0 Å². The Labute approximate surface area is 106 Å². The predicted octanol–water partition coefficient (Wildman–Crippen LogP) is 4.42. The van der Waals surface area contributed by atoms with Crippen LogP contribution in [0.5, 0.6) is 0 Å². The van der Waals surface area contributed by atoms with Gasteiger partial charge in [0.25, 0.3) is 0 Å². The van der Waals surface area contributed by atoms with Gasteiger partial charge in [0.2, 0.25) is 5.91 Å². The van der Waals surface area contributed by atoms with Crippen molar-refractivity contribution in [3.05, 3.63) is 29.6 Å². The highest BCUT2D eigenvalue weighted by atomic mass is 32.1. The van der Waals surface area contributed by atoms with Crippen molar-refractivity contribution in [1.29, 1.82) is 0 Å². The molecule has 3 heteroatoms. The van der Waals surface area contributed by atoms with Crippen molar-refractivity contribution in [2.75, 3.05) is 5.32 Å². The van der Waals surface area contributed by atoms with E-state index in [1.165, 1.54) is 10.1 Å². The first-order valence-electron chi connectivity index (χ1n) is 6.06. The summed E-state index contributed by atoms with van der Waals surface area (Å²) in [5.74, 6) is 0.119. The number of hydrogen-bond acceptors (Lipinski definition) is 2. The number of rotatable bonds is 5. The number of fused-ring (bicyclic) bond motifs is 1. The summed E-state index contributed by atoms with van der Waals surface area (Å²) in [7, 11) is 0. The summed E-state index contributed by atoms with van der Waals surface area (Å²) < 4.78 is 1.26. The molecule has 0 aliphatic carbocycles. The molecule has 1 aromatic carbocycles. The number of benzene rings is 1. The van der Waals surface area contributed by atoms with Crippen molar-refractivity contribution >= 4 is 33.0 Å². The van der Waals surface area contributed by atoms with Crippen LogP contribution in [-0.2, 0) is 4.79 Å². The highest BCUT2D eigenvalue weighted by Gasteiger charge is 2.03. The van der Waals surface area contributed by atoms with Gasteiger partial charge < -0.3 is 5.32 Å². The van der Waals surface area contributed by atoms with Crippen LogP contribution in [0.2, 0.25) is 0 Å². The Morgan fingerprint density at radius 1 is 1.29 bits per heavy atom. The molecule has 0 aliphatic heterocycles. The Morgan fingerprint density at radius 2 is 2.18 bits per heavy atom. The number of carbonyl (C=O) groups excluding carboxylic acids is 1. The third kappa shape index (κ3) is 3.30. The van der Waals surface area contributed by atoms with Crippen LogP contribution in [0.1, 0.15) is 32.6 Å². The molecule has 17 heavy (non-hydrogen) atoms. The van der Waals surface area contributed by atoms with Gasteiger partial charge in [-0.3, -0.25) is 4.79 Å². The second-order valence-electron chi connectivity index (χ2n) is 4.18. The van der Waals surface area contributed by atoms with Crippen LogP contribution in [0.15, 0.2) is 29.6 Å². The second-order valence-corrected chi connectivity index (χ2v) is 5.13. The molecular formula is C14H17NOS. The highest BCUT2D eigenvalue weighted by molar-refractivity contribution is 7.17. The molecule has 2 nitrogen and oxygen atoms in total. The zero-order chi connectivity index (χ0) is 12.1. The van der Waals surface area contributed by atoms with E-state index >= 15 is 0 Å². The summed E-state index contributed by atoms with van der Waals surface area (Å²) in [5.41, 5.74) is 0.900. The lowest BCUT2D eigenvalue weighted by Gasteiger charge is -2.04. The van der Waals surface area contributed by atoms with E-state index in [-0.39, 0.29) is 5.91 Å². The minimum atomic E-state index is 0.119. The van der Waals surface area contributed by atoms with Crippen molar-refractivity contribution in [3.63, 3.8) is 0 Å². The van der Waals surface area contributed by atoms with Crippen molar-refractivity contribution < 1.29 is 4.79 Å². The maximum atomic E-state index is 11.7.